The number of amides is 1. The maximum absolute atomic E-state index is 11.8. The van der Waals surface area contributed by atoms with Gasteiger partial charge in [-0.15, -0.1) is 0 Å². The van der Waals surface area contributed by atoms with Crippen LogP contribution in [0.15, 0.2) is 30.3 Å². The fourth-order valence-electron chi connectivity index (χ4n) is 1.59. The van der Waals surface area contributed by atoms with Crippen LogP contribution in [0.3, 0.4) is 0 Å². The van der Waals surface area contributed by atoms with E-state index in [0.717, 1.165) is 5.56 Å². The zero-order chi connectivity index (χ0) is 13.4. The van der Waals surface area contributed by atoms with Gasteiger partial charge in [-0.2, -0.15) is 0 Å². The highest BCUT2D eigenvalue weighted by Crippen LogP contribution is 2.08. The second-order valence-electron chi connectivity index (χ2n) is 3.95. The number of nitrogens with one attached hydrogen (secondary N) is 1. The second-order valence-corrected chi connectivity index (χ2v) is 3.95. The Morgan fingerprint density at radius 3 is 2.44 bits per heavy atom. The summed E-state index contributed by atoms with van der Waals surface area (Å²) >= 11 is 0. The first-order chi connectivity index (χ1) is 8.69. The third-order valence-corrected chi connectivity index (χ3v) is 2.58. The van der Waals surface area contributed by atoms with Crippen molar-refractivity contribution in [1.29, 1.82) is 0 Å². The fourth-order valence-corrected chi connectivity index (χ4v) is 1.59. The summed E-state index contributed by atoms with van der Waals surface area (Å²) in [5.41, 5.74) is 0.914. The number of hydrogen-bond donors (Lipinski definition) is 1. The van der Waals surface area contributed by atoms with Crippen molar-refractivity contribution < 1.29 is 14.3 Å². The Kier molecular flexibility index (Phi) is 5.91. The Morgan fingerprint density at radius 2 is 1.89 bits per heavy atom. The molecule has 1 rings (SSSR count). The zero-order valence-corrected chi connectivity index (χ0v) is 10.8. The molecule has 4 heteroatoms. The lowest BCUT2D eigenvalue weighted by Crippen LogP contribution is -2.35. The summed E-state index contributed by atoms with van der Waals surface area (Å²) in [6, 6.07) is 9.41. The molecule has 0 aliphatic rings. The molecule has 0 saturated carbocycles. The van der Waals surface area contributed by atoms with Crippen LogP contribution in [-0.2, 0) is 20.9 Å². The molecule has 0 heterocycles. The van der Waals surface area contributed by atoms with Gasteiger partial charge in [-0.05, 0) is 18.9 Å². The Labute approximate surface area is 107 Å². The molecule has 98 valence electrons. The smallest absolute Gasteiger partial charge is 0.318 e. The van der Waals surface area contributed by atoms with Crippen LogP contribution in [0.4, 0.5) is 0 Å². The third kappa shape index (κ3) is 4.20. The van der Waals surface area contributed by atoms with Gasteiger partial charge in [0.1, 0.15) is 12.5 Å². The van der Waals surface area contributed by atoms with E-state index in [1.807, 2.05) is 37.3 Å². The lowest BCUT2D eigenvalue weighted by molar-refractivity contribution is -0.153. The molecule has 1 atom stereocenters. The normalized spacial score (nSPS) is 11.7. The number of benzene rings is 1. The summed E-state index contributed by atoms with van der Waals surface area (Å²) in [5.74, 6) is -1.45. The van der Waals surface area contributed by atoms with Crippen molar-refractivity contribution in [2.75, 3.05) is 6.54 Å². The number of carbonyl (C=O) groups excluding carboxylic acids is 2. The Balaban J connectivity index is 2.50. The van der Waals surface area contributed by atoms with Gasteiger partial charge in [0, 0.05) is 6.54 Å². The minimum Gasteiger partial charge on any atom is -0.460 e. The molecule has 0 saturated heterocycles. The van der Waals surface area contributed by atoms with Crippen LogP contribution < -0.4 is 5.32 Å². The van der Waals surface area contributed by atoms with Crippen molar-refractivity contribution in [3.05, 3.63) is 35.9 Å². The van der Waals surface area contributed by atoms with Crippen molar-refractivity contribution in [2.24, 2.45) is 5.92 Å². The van der Waals surface area contributed by atoms with Crippen molar-refractivity contribution in [2.45, 2.75) is 26.9 Å². The van der Waals surface area contributed by atoms with Gasteiger partial charge in [-0.25, -0.2) is 0 Å². The van der Waals surface area contributed by atoms with Crippen molar-refractivity contribution >= 4 is 11.9 Å². The summed E-state index contributed by atoms with van der Waals surface area (Å²) in [6.07, 6.45) is 0.444. The molecular formula is C14H19NO3. The van der Waals surface area contributed by atoms with Crippen LogP contribution in [0.1, 0.15) is 25.8 Å². The van der Waals surface area contributed by atoms with Crippen LogP contribution in [0.5, 0.6) is 0 Å². The summed E-state index contributed by atoms with van der Waals surface area (Å²) in [7, 11) is 0. The highest BCUT2D eigenvalue weighted by atomic mass is 16.5. The molecular weight excluding hydrogens is 230 g/mol. The number of carbonyl (C=O) groups is 2. The first-order valence-corrected chi connectivity index (χ1v) is 6.17. The van der Waals surface area contributed by atoms with E-state index >= 15 is 0 Å². The van der Waals surface area contributed by atoms with Gasteiger partial charge in [0.2, 0.25) is 5.91 Å². The first kappa shape index (κ1) is 14.2. The van der Waals surface area contributed by atoms with Gasteiger partial charge in [0.25, 0.3) is 0 Å². The maximum atomic E-state index is 11.8. The Hall–Kier alpha value is -1.84. The number of hydrogen-bond acceptors (Lipinski definition) is 3. The lowest BCUT2D eigenvalue weighted by Gasteiger charge is -2.13. The molecule has 0 radical (unpaired) electrons. The van der Waals surface area contributed by atoms with Crippen LogP contribution in [0.25, 0.3) is 0 Å². The van der Waals surface area contributed by atoms with Gasteiger partial charge in [0.05, 0.1) is 0 Å². The van der Waals surface area contributed by atoms with Crippen LogP contribution in [0, 0.1) is 5.92 Å². The second kappa shape index (κ2) is 7.48. The van der Waals surface area contributed by atoms with E-state index in [-0.39, 0.29) is 12.5 Å². The Morgan fingerprint density at radius 1 is 1.22 bits per heavy atom. The van der Waals surface area contributed by atoms with E-state index in [1.54, 1.807) is 6.92 Å². The van der Waals surface area contributed by atoms with Gasteiger partial charge in [-0.3, -0.25) is 9.59 Å². The van der Waals surface area contributed by atoms with Gasteiger partial charge in [0.15, 0.2) is 0 Å². The van der Waals surface area contributed by atoms with Crippen LogP contribution >= 0.6 is 0 Å². The molecule has 1 N–H and O–H groups in total. The van der Waals surface area contributed by atoms with Gasteiger partial charge < -0.3 is 10.1 Å². The van der Waals surface area contributed by atoms with E-state index in [9.17, 15) is 9.59 Å². The average molecular weight is 249 g/mol. The molecule has 1 unspecified atom stereocenters. The zero-order valence-electron chi connectivity index (χ0n) is 10.8. The van der Waals surface area contributed by atoms with Crippen molar-refractivity contribution in [3.63, 3.8) is 0 Å². The molecule has 1 aromatic carbocycles. The molecule has 1 aromatic rings. The summed E-state index contributed by atoms with van der Waals surface area (Å²) < 4.78 is 5.15. The third-order valence-electron chi connectivity index (χ3n) is 2.58. The molecule has 0 aromatic heterocycles. The minimum absolute atomic E-state index is 0.204. The van der Waals surface area contributed by atoms with Crippen molar-refractivity contribution in [3.8, 4) is 0 Å². The van der Waals surface area contributed by atoms with E-state index in [2.05, 4.69) is 5.32 Å². The summed E-state index contributed by atoms with van der Waals surface area (Å²) in [5, 5.41) is 2.64. The number of rotatable bonds is 6. The molecule has 0 fully saturated rings. The highest BCUT2D eigenvalue weighted by molar-refractivity contribution is 5.97. The fraction of sp³-hybridized carbons (Fsp3) is 0.429. The molecule has 0 bridgehead atoms. The molecule has 4 nitrogen and oxygen atoms in total. The van der Waals surface area contributed by atoms with E-state index < -0.39 is 11.9 Å². The molecule has 0 aliphatic carbocycles. The standard InChI is InChI=1S/C14H19NO3/c1-3-12(13(16)15-4-2)14(17)18-10-11-8-6-5-7-9-11/h5-9,12H,3-4,10H2,1-2H3,(H,15,16). The summed E-state index contributed by atoms with van der Waals surface area (Å²) in [4.78, 5) is 23.4. The largest absolute Gasteiger partial charge is 0.460 e. The van der Waals surface area contributed by atoms with Gasteiger partial charge >= 0.3 is 5.97 Å². The molecule has 0 spiro atoms. The van der Waals surface area contributed by atoms with Crippen molar-refractivity contribution in [1.82, 2.24) is 5.32 Å². The van der Waals surface area contributed by atoms with Crippen LogP contribution in [-0.4, -0.2) is 18.4 Å². The quantitative estimate of drug-likeness (QED) is 0.618. The minimum atomic E-state index is -0.714. The highest BCUT2D eigenvalue weighted by Gasteiger charge is 2.25. The molecule has 18 heavy (non-hydrogen) atoms. The predicted molar refractivity (Wildman–Crippen MR) is 68.7 cm³/mol. The van der Waals surface area contributed by atoms with Crippen LogP contribution in [0.2, 0.25) is 0 Å². The lowest BCUT2D eigenvalue weighted by atomic mass is 10.1. The average Bonchev–Trinajstić information content (AvgIpc) is 2.39. The predicted octanol–water partition coefficient (Wildman–Crippen LogP) is 1.89. The molecule has 1 amide bonds. The Bertz CT molecular complexity index is 389. The summed E-state index contributed by atoms with van der Waals surface area (Å²) in [6.45, 7) is 4.33. The SMILES string of the molecule is CCNC(=O)C(CC)C(=O)OCc1ccccc1. The maximum Gasteiger partial charge on any atom is 0.318 e. The first-order valence-electron chi connectivity index (χ1n) is 6.17. The van der Waals surface area contributed by atoms with Gasteiger partial charge in [-0.1, -0.05) is 37.3 Å². The van der Waals surface area contributed by atoms with E-state index in [4.69, 9.17) is 4.74 Å². The number of esters is 1. The molecule has 0 aliphatic heterocycles. The van der Waals surface area contributed by atoms with E-state index in [1.165, 1.54) is 0 Å². The number of ether oxygens (including phenoxy) is 1. The topological polar surface area (TPSA) is 55.4 Å². The van der Waals surface area contributed by atoms with E-state index in [0.29, 0.717) is 13.0 Å². The monoisotopic (exact) mass is 249 g/mol.